The van der Waals surface area contributed by atoms with Crippen molar-refractivity contribution in [3.63, 3.8) is 0 Å². The van der Waals surface area contributed by atoms with Crippen LogP contribution in [0.1, 0.15) is 19.8 Å². The number of hydrogen-bond acceptors (Lipinski definition) is 5. The molecule has 0 spiro atoms. The number of carbonyl (C=O) groups excluding carboxylic acids is 2. The molecule has 1 saturated heterocycles. The molecule has 7 nitrogen and oxygen atoms in total. The topological polar surface area (TPSA) is 95.2 Å². The maximum atomic E-state index is 12.5. The molecule has 8 heteroatoms. The summed E-state index contributed by atoms with van der Waals surface area (Å²) in [6.45, 7) is 4.31. The third-order valence-corrected chi connectivity index (χ3v) is 5.08. The largest absolute Gasteiger partial charge is 0.383 e. The van der Waals surface area contributed by atoms with E-state index in [4.69, 9.17) is 11.6 Å². The van der Waals surface area contributed by atoms with Crippen molar-refractivity contribution in [2.24, 2.45) is 5.92 Å². The van der Waals surface area contributed by atoms with Gasteiger partial charge in [-0.15, -0.1) is 0 Å². The molecular weight excluding hydrogens is 390 g/mol. The van der Waals surface area contributed by atoms with Crippen molar-refractivity contribution in [3.8, 4) is 11.1 Å². The van der Waals surface area contributed by atoms with Crippen LogP contribution in [-0.4, -0.2) is 43.0 Å². The molecule has 1 aliphatic rings. The molecule has 1 aromatic carbocycles. The molecule has 3 rings (SSSR count). The lowest BCUT2D eigenvalue weighted by Crippen LogP contribution is -2.37. The molecule has 4 N–H and O–H groups in total. The molecule has 0 saturated carbocycles. The number of benzene rings is 1. The molecule has 0 bridgehead atoms. The van der Waals surface area contributed by atoms with Gasteiger partial charge in [-0.05, 0) is 43.1 Å². The van der Waals surface area contributed by atoms with Crippen molar-refractivity contribution in [2.45, 2.75) is 19.8 Å². The molecule has 29 heavy (non-hydrogen) atoms. The SMILES string of the molecule is CC(=O)NCCNc1cccc(-c2cc(NC(=O)[C@@H]3CCCNC3)ncc2Cl)c1. The van der Waals surface area contributed by atoms with Gasteiger partial charge in [0.2, 0.25) is 11.8 Å². The van der Waals surface area contributed by atoms with Gasteiger partial charge in [-0.3, -0.25) is 9.59 Å². The monoisotopic (exact) mass is 415 g/mol. The van der Waals surface area contributed by atoms with Crippen LogP contribution in [0.5, 0.6) is 0 Å². The predicted molar refractivity (Wildman–Crippen MR) is 116 cm³/mol. The van der Waals surface area contributed by atoms with Crippen molar-refractivity contribution in [2.75, 3.05) is 36.8 Å². The molecule has 1 aromatic heterocycles. The van der Waals surface area contributed by atoms with Gasteiger partial charge in [-0.2, -0.15) is 0 Å². The summed E-state index contributed by atoms with van der Waals surface area (Å²) < 4.78 is 0. The normalized spacial score (nSPS) is 16.1. The highest BCUT2D eigenvalue weighted by Gasteiger charge is 2.21. The number of anilines is 2. The number of amides is 2. The Bertz CT molecular complexity index is 868. The van der Waals surface area contributed by atoms with Gasteiger partial charge in [-0.1, -0.05) is 23.7 Å². The Balaban J connectivity index is 1.69. The Kier molecular flexibility index (Phi) is 7.43. The highest BCUT2D eigenvalue weighted by Crippen LogP contribution is 2.31. The second kappa shape index (κ2) is 10.2. The smallest absolute Gasteiger partial charge is 0.229 e. The molecule has 1 aliphatic heterocycles. The number of aromatic nitrogens is 1. The fourth-order valence-electron chi connectivity index (χ4n) is 3.27. The summed E-state index contributed by atoms with van der Waals surface area (Å²) in [5.41, 5.74) is 2.63. The first kappa shape index (κ1) is 21.1. The van der Waals surface area contributed by atoms with E-state index in [2.05, 4.69) is 26.3 Å². The lowest BCUT2D eigenvalue weighted by atomic mass is 9.99. The zero-order valence-electron chi connectivity index (χ0n) is 16.4. The first-order chi connectivity index (χ1) is 14.0. The van der Waals surface area contributed by atoms with Gasteiger partial charge >= 0.3 is 0 Å². The van der Waals surface area contributed by atoms with Gasteiger partial charge in [0.25, 0.3) is 0 Å². The van der Waals surface area contributed by atoms with E-state index < -0.39 is 0 Å². The van der Waals surface area contributed by atoms with E-state index in [0.29, 0.717) is 30.5 Å². The summed E-state index contributed by atoms with van der Waals surface area (Å²) in [6.07, 6.45) is 3.44. The second-order valence-corrected chi connectivity index (χ2v) is 7.48. The van der Waals surface area contributed by atoms with E-state index in [1.165, 1.54) is 6.92 Å². The van der Waals surface area contributed by atoms with Crippen molar-refractivity contribution in [1.82, 2.24) is 15.6 Å². The van der Waals surface area contributed by atoms with Crippen LogP contribution in [0.3, 0.4) is 0 Å². The number of nitrogens with zero attached hydrogens (tertiary/aromatic N) is 1. The molecule has 0 aliphatic carbocycles. The first-order valence-corrected chi connectivity index (χ1v) is 10.2. The minimum atomic E-state index is -0.0531. The van der Waals surface area contributed by atoms with Crippen molar-refractivity contribution >= 4 is 34.9 Å². The Morgan fingerprint density at radius 3 is 2.90 bits per heavy atom. The maximum Gasteiger partial charge on any atom is 0.229 e. The van der Waals surface area contributed by atoms with Crippen molar-refractivity contribution < 1.29 is 9.59 Å². The summed E-state index contributed by atoms with van der Waals surface area (Å²) in [7, 11) is 0. The van der Waals surface area contributed by atoms with Crippen LogP contribution in [0.2, 0.25) is 5.02 Å². The average molecular weight is 416 g/mol. The van der Waals surface area contributed by atoms with Gasteiger partial charge < -0.3 is 21.3 Å². The lowest BCUT2D eigenvalue weighted by Gasteiger charge is -2.21. The third-order valence-electron chi connectivity index (χ3n) is 4.78. The fourth-order valence-corrected chi connectivity index (χ4v) is 3.49. The number of piperidine rings is 1. The molecule has 1 fully saturated rings. The molecule has 2 amide bonds. The van der Waals surface area contributed by atoms with E-state index in [9.17, 15) is 9.59 Å². The Morgan fingerprint density at radius 1 is 1.28 bits per heavy atom. The number of halogens is 1. The Labute approximate surface area is 175 Å². The fraction of sp³-hybridized carbons (Fsp3) is 0.381. The zero-order chi connectivity index (χ0) is 20.6. The minimum Gasteiger partial charge on any atom is -0.383 e. The highest BCUT2D eigenvalue weighted by molar-refractivity contribution is 6.33. The molecule has 2 aromatic rings. The van der Waals surface area contributed by atoms with Gasteiger partial charge in [0.15, 0.2) is 0 Å². The van der Waals surface area contributed by atoms with E-state index in [0.717, 1.165) is 36.2 Å². The van der Waals surface area contributed by atoms with Crippen molar-refractivity contribution in [3.05, 3.63) is 41.6 Å². The quantitative estimate of drug-likeness (QED) is 0.521. The van der Waals surface area contributed by atoms with Crippen LogP contribution >= 0.6 is 11.6 Å². The van der Waals surface area contributed by atoms with Crippen LogP contribution < -0.4 is 21.3 Å². The molecule has 2 heterocycles. The number of pyridine rings is 1. The second-order valence-electron chi connectivity index (χ2n) is 7.07. The summed E-state index contributed by atoms with van der Waals surface area (Å²) in [5, 5.41) is 12.7. The van der Waals surface area contributed by atoms with Gasteiger partial charge in [0, 0.05) is 44.0 Å². The first-order valence-electron chi connectivity index (χ1n) is 9.79. The van der Waals surface area contributed by atoms with E-state index in [-0.39, 0.29) is 17.7 Å². The molecular formula is C21H26ClN5O2. The summed E-state index contributed by atoms with van der Waals surface area (Å²) in [6, 6.07) is 9.61. The number of nitrogens with one attached hydrogen (secondary N) is 4. The van der Waals surface area contributed by atoms with Crippen LogP contribution in [0, 0.1) is 5.92 Å². The van der Waals surface area contributed by atoms with E-state index in [1.54, 1.807) is 12.3 Å². The summed E-state index contributed by atoms with van der Waals surface area (Å²) in [4.78, 5) is 27.7. The van der Waals surface area contributed by atoms with Crippen LogP contribution in [0.25, 0.3) is 11.1 Å². The van der Waals surface area contributed by atoms with Crippen LogP contribution in [0.15, 0.2) is 36.5 Å². The van der Waals surface area contributed by atoms with Gasteiger partial charge in [0.05, 0.1) is 10.9 Å². The lowest BCUT2D eigenvalue weighted by molar-refractivity contribution is -0.120. The minimum absolute atomic E-state index is 0.0219. The third kappa shape index (κ3) is 6.17. The highest BCUT2D eigenvalue weighted by atomic mass is 35.5. The maximum absolute atomic E-state index is 12.5. The number of carbonyl (C=O) groups is 2. The number of rotatable bonds is 7. The Hall–Kier alpha value is -2.64. The van der Waals surface area contributed by atoms with Crippen LogP contribution in [-0.2, 0) is 9.59 Å². The van der Waals surface area contributed by atoms with Crippen LogP contribution in [0.4, 0.5) is 11.5 Å². The number of hydrogen-bond donors (Lipinski definition) is 4. The summed E-state index contributed by atoms with van der Waals surface area (Å²) >= 11 is 6.38. The van der Waals surface area contributed by atoms with E-state index >= 15 is 0 Å². The molecule has 154 valence electrons. The molecule has 0 radical (unpaired) electrons. The molecule has 1 atom stereocenters. The predicted octanol–water partition coefficient (Wildman–Crippen LogP) is 2.89. The Morgan fingerprint density at radius 2 is 2.14 bits per heavy atom. The van der Waals surface area contributed by atoms with Gasteiger partial charge in [0.1, 0.15) is 5.82 Å². The van der Waals surface area contributed by atoms with E-state index in [1.807, 2.05) is 24.3 Å². The standard InChI is InChI=1S/C21H26ClN5O2/c1-14(28)24-8-9-25-17-6-2-4-15(10-17)18-11-20(26-13-19(18)22)27-21(29)16-5-3-7-23-12-16/h2,4,6,10-11,13,16,23,25H,3,5,7-9,12H2,1H3,(H,24,28)(H,26,27,29)/t16-/m1/s1. The zero-order valence-corrected chi connectivity index (χ0v) is 17.2. The molecule has 0 unspecified atom stereocenters. The summed E-state index contributed by atoms with van der Waals surface area (Å²) in [5.74, 6) is 0.374. The van der Waals surface area contributed by atoms with Crippen molar-refractivity contribution in [1.29, 1.82) is 0 Å². The van der Waals surface area contributed by atoms with Gasteiger partial charge in [-0.25, -0.2) is 4.98 Å². The average Bonchev–Trinajstić information content (AvgIpc) is 2.73.